The van der Waals surface area contributed by atoms with Crippen LogP contribution in [0.2, 0.25) is 0 Å². The van der Waals surface area contributed by atoms with Gasteiger partial charge in [-0.05, 0) is 38.3 Å². The van der Waals surface area contributed by atoms with Gasteiger partial charge in [-0.3, -0.25) is 4.79 Å². The summed E-state index contributed by atoms with van der Waals surface area (Å²) >= 11 is 0. The number of amides is 2. The Balaban J connectivity index is 2.49. The van der Waals surface area contributed by atoms with Crippen LogP contribution >= 0.6 is 0 Å². The van der Waals surface area contributed by atoms with E-state index < -0.39 is 11.7 Å². The molecule has 0 bridgehead atoms. The molecule has 0 aliphatic carbocycles. The summed E-state index contributed by atoms with van der Waals surface area (Å²) in [5.74, 6) is -0.0357. The minimum absolute atomic E-state index is 0.163. The van der Waals surface area contributed by atoms with Crippen molar-refractivity contribution < 1.29 is 14.3 Å². The fourth-order valence-electron chi connectivity index (χ4n) is 1.92. The molecule has 132 valence electrons. The van der Waals surface area contributed by atoms with E-state index in [2.05, 4.69) is 10.6 Å². The van der Waals surface area contributed by atoms with Crippen LogP contribution in [0.25, 0.3) is 6.08 Å². The number of alkyl carbamates (subject to hydrolysis) is 1. The van der Waals surface area contributed by atoms with E-state index in [0.717, 1.165) is 5.56 Å². The van der Waals surface area contributed by atoms with Gasteiger partial charge in [0.25, 0.3) is 0 Å². The Hall–Kier alpha value is -2.30. The molecule has 0 saturated heterocycles. The Morgan fingerprint density at radius 3 is 2.33 bits per heavy atom. The van der Waals surface area contributed by atoms with Crippen LogP contribution in [0.1, 0.15) is 40.2 Å². The second kappa shape index (κ2) is 9.11. The summed E-state index contributed by atoms with van der Waals surface area (Å²) in [7, 11) is 0. The van der Waals surface area contributed by atoms with Crippen molar-refractivity contribution in [3.05, 3.63) is 42.0 Å². The van der Waals surface area contributed by atoms with Gasteiger partial charge in [0.05, 0.1) is 6.04 Å². The second-order valence-corrected chi connectivity index (χ2v) is 6.99. The molecule has 0 saturated carbocycles. The topological polar surface area (TPSA) is 67.4 Å². The number of rotatable bonds is 6. The van der Waals surface area contributed by atoms with E-state index in [9.17, 15) is 9.59 Å². The van der Waals surface area contributed by atoms with E-state index in [4.69, 9.17) is 4.74 Å². The molecule has 0 aromatic heterocycles. The third kappa shape index (κ3) is 8.36. The lowest BCUT2D eigenvalue weighted by Crippen LogP contribution is -2.47. The fraction of sp³-hybridized carbons (Fsp3) is 0.474. The van der Waals surface area contributed by atoms with Crippen LogP contribution in [-0.2, 0) is 9.53 Å². The zero-order chi connectivity index (χ0) is 18.2. The monoisotopic (exact) mass is 332 g/mol. The Bertz CT molecular complexity index is 560. The molecule has 0 radical (unpaired) electrons. The van der Waals surface area contributed by atoms with Crippen LogP contribution in [-0.4, -0.2) is 30.2 Å². The Morgan fingerprint density at radius 1 is 1.17 bits per heavy atom. The van der Waals surface area contributed by atoms with E-state index in [1.807, 2.05) is 65.0 Å². The minimum Gasteiger partial charge on any atom is -0.444 e. The lowest BCUT2D eigenvalue weighted by atomic mass is 10.0. The van der Waals surface area contributed by atoms with Gasteiger partial charge in [0.15, 0.2) is 0 Å². The van der Waals surface area contributed by atoms with Gasteiger partial charge < -0.3 is 15.4 Å². The van der Waals surface area contributed by atoms with E-state index in [1.54, 1.807) is 6.08 Å². The molecule has 5 nitrogen and oxygen atoms in total. The highest BCUT2D eigenvalue weighted by atomic mass is 16.6. The predicted molar refractivity (Wildman–Crippen MR) is 96.5 cm³/mol. The highest BCUT2D eigenvalue weighted by Gasteiger charge is 2.21. The summed E-state index contributed by atoms with van der Waals surface area (Å²) in [4.78, 5) is 23.8. The summed E-state index contributed by atoms with van der Waals surface area (Å²) < 4.78 is 5.25. The third-order valence-corrected chi connectivity index (χ3v) is 3.23. The van der Waals surface area contributed by atoms with E-state index >= 15 is 0 Å². The van der Waals surface area contributed by atoms with Gasteiger partial charge in [-0.25, -0.2) is 4.79 Å². The van der Waals surface area contributed by atoms with Gasteiger partial charge in [-0.15, -0.1) is 0 Å². The van der Waals surface area contributed by atoms with E-state index in [0.29, 0.717) is 6.54 Å². The van der Waals surface area contributed by atoms with Gasteiger partial charge in [-0.2, -0.15) is 0 Å². The van der Waals surface area contributed by atoms with Gasteiger partial charge in [0, 0.05) is 12.6 Å². The summed E-state index contributed by atoms with van der Waals surface area (Å²) in [6, 6.07) is 9.39. The van der Waals surface area contributed by atoms with E-state index in [-0.39, 0.29) is 17.9 Å². The van der Waals surface area contributed by atoms with Crippen LogP contribution in [0, 0.1) is 5.92 Å². The van der Waals surface area contributed by atoms with Crippen LogP contribution in [0.15, 0.2) is 36.4 Å². The molecule has 5 heteroatoms. The number of hydrogen-bond acceptors (Lipinski definition) is 3. The van der Waals surface area contributed by atoms with Crippen molar-refractivity contribution in [2.75, 3.05) is 6.54 Å². The van der Waals surface area contributed by atoms with Crippen LogP contribution in [0.5, 0.6) is 0 Å². The molecule has 0 aliphatic rings. The Morgan fingerprint density at radius 2 is 1.79 bits per heavy atom. The van der Waals surface area contributed by atoms with E-state index in [1.165, 1.54) is 6.08 Å². The maximum atomic E-state index is 11.9. The molecule has 1 rings (SSSR count). The molecule has 0 aliphatic heterocycles. The minimum atomic E-state index is -0.548. The van der Waals surface area contributed by atoms with Crippen LogP contribution in [0.3, 0.4) is 0 Å². The molecule has 0 unspecified atom stereocenters. The first kappa shape index (κ1) is 19.7. The lowest BCUT2D eigenvalue weighted by Gasteiger charge is -2.25. The molecule has 0 heterocycles. The number of ether oxygens (including phenoxy) is 1. The lowest BCUT2D eigenvalue weighted by molar-refractivity contribution is -0.116. The number of carbonyl (C=O) groups excluding carboxylic acids is 2. The third-order valence-electron chi connectivity index (χ3n) is 3.23. The summed E-state index contributed by atoms with van der Waals surface area (Å²) in [5, 5.41) is 5.61. The number of carbonyl (C=O) groups is 2. The van der Waals surface area contributed by atoms with Gasteiger partial charge in [0.2, 0.25) is 5.91 Å². The first-order chi connectivity index (χ1) is 11.2. The zero-order valence-corrected chi connectivity index (χ0v) is 15.1. The van der Waals surface area contributed by atoms with Gasteiger partial charge >= 0.3 is 6.09 Å². The number of benzene rings is 1. The fourth-order valence-corrected chi connectivity index (χ4v) is 1.92. The average Bonchev–Trinajstić information content (AvgIpc) is 2.48. The van der Waals surface area contributed by atoms with Crippen molar-refractivity contribution in [1.29, 1.82) is 0 Å². The summed E-state index contributed by atoms with van der Waals surface area (Å²) in [6.45, 7) is 9.74. The van der Waals surface area contributed by atoms with Gasteiger partial charge in [0.1, 0.15) is 5.60 Å². The normalized spacial score (nSPS) is 12.9. The predicted octanol–water partition coefficient (Wildman–Crippen LogP) is 3.37. The van der Waals surface area contributed by atoms with Crippen molar-refractivity contribution >= 4 is 18.1 Å². The quantitative estimate of drug-likeness (QED) is 0.785. The molecule has 2 N–H and O–H groups in total. The van der Waals surface area contributed by atoms with Crippen molar-refractivity contribution in [2.45, 2.75) is 46.3 Å². The highest BCUT2D eigenvalue weighted by Crippen LogP contribution is 2.08. The number of nitrogens with one attached hydrogen (secondary N) is 2. The Kier molecular flexibility index (Phi) is 7.49. The maximum absolute atomic E-state index is 11.9. The Labute approximate surface area is 144 Å². The molecule has 0 spiro atoms. The molecule has 1 aromatic rings. The largest absolute Gasteiger partial charge is 0.444 e. The smallest absolute Gasteiger partial charge is 0.407 e. The van der Waals surface area contributed by atoms with Crippen LogP contribution < -0.4 is 10.6 Å². The molecular formula is C19H28N2O3. The van der Waals surface area contributed by atoms with Crippen molar-refractivity contribution in [3.63, 3.8) is 0 Å². The average molecular weight is 332 g/mol. The SMILES string of the molecule is CC(C)[C@@H](CNC(=O)C=Cc1ccccc1)NC(=O)OC(C)(C)C. The molecule has 24 heavy (non-hydrogen) atoms. The maximum Gasteiger partial charge on any atom is 0.407 e. The van der Waals surface area contributed by atoms with Gasteiger partial charge in [-0.1, -0.05) is 44.2 Å². The summed E-state index contributed by atoms with van der Waals surface area (Å²) in [6.07, 6.45) is 2.76. The van der Waals surface area contributed by atoms with Crippen molar-refractivity contribution in [1.82, 2.24) is 10.6 Å². The first-order valence-electron chi connectivity index (χ1n) is 8.18. The molecule has 1 aromatic carbocycles. The molecule has 1 atom stereocenters. The van der Waals surface area contributed by atoms with Crippen molar-refractivity contribution in [3.8, 4) is 0 Å². The zero-order valence-electron chi connectivity index (χ0n) is 15.1. The molecule has 0 fully saturated rings. The summed E-state index contributed by atoms with van der Waals surface area (Å²) in [5.41, 5.74) is 0.410. The van der Waals surface area contributed by atoms with Crippen LogP contribution in [0.4, 0.5) is 4.79 Å². The number of hydrogen-bond donors (Lipinski definition) is 2. The van der Waals surface area contributed by atoms with Crippen molar-refractivity contribution in [2.24, 2.45) is 5.92 Å². The first-order valence-corrected chi connectivity index (χ1v) is 8.18. The molecule has 2 amide bonds. The highest BCUT2D eigenvalue weighted by molar-refractivity contribution is 5.91. The standard InChI is InChI=1S/C19H28N2O3/c1-14(2)16(21-18(23)24-19(3,4)5)13-20-17(22)12-11-15-9-7-6-8-10-15/h6-12,14,16H,13H2,1-5H3,(H,20,22)(H,21,23)/t16-/m1/s1. The molecular weight excluding hydrogens is 304 g/mol. The second-order valence-electron chi connectivity index (χ2n) is 6.99.